The fourth-order valence-corrected chi connectivity index (χ4v) is 0.820. The van der Waals surface area contributed by atoms with E-state index in [1.165, 1.54) is 0 Å². The zero-order chi connectivity index (χ0) is 8.53. The maximum absolute atomic E-state index is 8.58. The largest absolute Gasteiger partial charge is 0.193 e. The molecule has 0 aliphatic carbocycles. The predicted octanol–water partition coefficient (Wildman–Crippen LogP) is 3.03. The second-order valence-corrected chi connectivity index (χ2v) is 2.54. The Hall–Kier alpha value is -0.740. The maximum Gasteiger partial charge on any atom is 0.0943 e. The molecule has 0 aliphatic heterocycles. The van der Waals surface area contributed by atoms with Crippen molar-refractivity contribution in [3.05, 3.63) is 24.3 Å². The van der Waals surface area contributed by atoms with Gasteiger partial charge in [0.05, 0.1) is 6.07 Å². The summed E-state index contributed by atoms with van der Waals surface area (Å²) in [5.74, 6) is 0.618. The molecule has 0 atom stereocenters. The second-order valence-electron chi connectivity index (χ2n) is 2.16. The van der Waals surface area contributed by atoms with E-state index in [-0.39, 0.29) is 0 Å². The number of nitriles is 1. The summed E-state index contributed by atoms with van der Waals surface area (Å²) in [6.45, 7) is 3.57. The first kappa shape index (κ1) is 10.3. The van der Waals surface area contributed by atoms with Crippen LogP contribution in [0.2, 0.25) is 0 Å². The molecule has 0 aliphatic rings. The first-order chi connectivity index (χ1) is 5.35. The van der Waals surface area contributed by atoms with Crippen molar-refractivity contribution in [3.8, 4) is 6.07 Å². The van der Waals surface area contributed by atoms with Crippen LogP contribution in [0.3, 0.4) is 0 Å². The van der Waals surface area contributed by atoms with Crippen molar-refractivity contribution in [1.82, 2.24) is 0 Å². The van der Waals surface area contributed by atoms with Gasteiger partial charge in [-0.25, -0.2) is 0 Å². The van der Waals surface area contributed by atoms with Crippen LogP contribution < -0.4 is 0 Å². The number of nitrogens with zero attached hydrogens (tertiary/aromatic N) is 1. The lowest BCUT2D eigenvalue weighted by Gasteiger charge is -1.93. The lowest BCUT2D eigenvalue weighted by Crippen LogP contribution is -1.81. The van der Waals surface area contributed by atoms with Gasteiger partial charge in [0, 0.05) is 11.5 Å². The molecule has 0 heterocycles. The van der Waals surface area contributed by atoms with Gasteiger partial charge in [0.25, 0.3) is 0 Å². The van der Waals surface area contributed by atoms with E-state index in [9.17, 15) is 0 Å². The van der Waals surface area contributed by atoms with Crippen LogP contribution in [-0.2, 0) is 0 Å². The molecular weight excluding hydrogens is 158 g/mol. The third-order valence-corrected chi connectivity index (χ3v) is 1.52. The zero-order valence-electron chi connectivity index (χ0n) is 6.52. The first-order valence-electron chi connectivity index (χ1n) is 3.61. The summed E-state index contributed by atoms with van der Waals surface area (Å²) < 4.78 is 0. The van der Waals surface area contributed by atoms with Crippen LogP contribution in [0.4, 0.5) is 0 Å². The smallest absolute Gasteiger partial charge is 0.0943 e. The molecule has 0 bridgehead atoms. The molecule has 0 saturated heterocycles. The van der Waals surface area contributed by atoms with Crippen LogP contribution in [0.5, 0.6) is 0 Å². The quantitative estimate of drug-likeness (QED) is 0.353. The van der Waals surface area contributed by atoms with Crippen molar-refractivity contribution >= 4 is 11.6 Å². The van der Waals surface area contributed by atoms with Gasteiger partial charge in [0.2, 0.25) is 0 Å². The monoisotopic (exact) mass is 169 g/mol. The van der Waals surface area contributed by atoms with Gasteiger partial charge in [-0.3, -0.25) is 0 Å². The van der Waals surface area contributed by atoms with Crippen LogP contribution >= 0.6 is 11.6 Å². The molecule has 0 radical (unpaired) electrons. The molecule has 0 aromatic rings. The Balaban J connectivity index is 3.76. The average molecular weight is 170 g/mol. The standard InChI is InChI=1S/C9H12ClN/c1-2-3-5-9(8-11)6-4-7-10/h2,5H,1,3-4,6-7H2/b9-5-. The summed E-state index contributed by atoms with van der Waals surface area (Å²) >= 11 is 5.48. The fourth-order valence-electron chi connectivity index (χ4n) is 0.686. The van der Waals surface area contributed by atoms with Gasteiger partial charge >= 0.3 is 0 Å². The van der Waals surface area contributed by atoms with Gasteiger partial charge in [-0.05, 0) is 19.3 Å². The van der Waals surface area contributed by atoms with E-state index >= 15 is 0 Å². The molecule has 0 N–H and O–H groups in total. The normalized spacial score (nSPS) is 10.7. The van der Waals surface area contributed by atoms with Gasteiger partial charge in [-0.1, -0.05) is 12.2 Å². The van der Waals surface area contributed by atoms with Gasteiger partial charge in [-0.2, -0.15) is 5.26 Å². The van der Waals surface area contributed by atoms with Crippen molar-refractivity contribution in [1.29, 1.82) is 5.26 Å². The fraction of sp³-hybridized carbons (Fsp3) is 0.444. The molecule has 2 heteroatoms. The van der Waals surface area contributed by atoms with Crippen molar-refractivity contribution in [2.75, 3.05) is 5.88 Å². The Bertz CT molecular complexity index is 176. The molecule has 0 rings (SSSR count). The topological polar surface area (TPSA) is 23.8 Å². The van der Waals surface area contributed by atoms with Crippen LogP contribution in [0.15, 0.2) is 24.3 Å². The van der Waals surface area contributed by atoms with E-state index in [0.29, 0.717) is 5.88 Å². The van der Waals surface area contributed by atoms with Crippen molar-refractivity contribution in [3.63, 3.8) is 0 Å². The van der Waals surface area contributed by atoms with Gasteiger partial charge in [0.1, 0.15) is 0 Å². The molecule has 1 nitrogen and oxygen atoms in total. The van der Waals surface area contributed by atoms with Crippen LogP contribution in [0.1, 0.15) is 19.3 Å². The minimum absolute atomic E-state index is 0.618. The third-order valence-electron chi connectivity index (χ3n) is 1.25. The molecule has 60 valence electrons. The molecule has 0 fully saturated rings. The minimum atomic E-state index is 0.618. The highest BCUT2D eigenvalue weighted by atomic mass is 35.5. The number of allylic oxidation sites excluding steroid dienone is 3. The minimum Gasteiger partial charge on any atom is -0.193 e. The van der Waals surface area contributed by atoms with Gasteiger partial charge in [-0.15, -0.1) is 18.2 Å². The molecular formula is C9H12ClN. The average Bonchev–Trinajstić information content (AvgIpc) is 2.05. The van der Waals surface area contributed by atoms with Crippen molar-refractivity contribution < 1.29 is 0 Å². The number of alkyl halides is 1. The van der Waals surface area contributed by atoms with E-state index in [2.05, 4.69) is 12.6 Å². The van der Waals surface area contributed by atoms with Crippen LogP contribution in [0, 0.1) is 11.3 Å². The van der Waals surface area contributed by atoms with E-state index in [0.717, 1.165) is 24.8 Å². The summed E-state index contributed by atoms with van der Waals surface area (Å²) in [5, 5.41) is 8.58. The van der Waals surface area contributed by atoms with E-state index in [1.54, 1.807) is 6.08 Å². The Kier molecular flexibility index (Phi) is 6.87. The lowest BCUT2D eigenvalue weighted by atomic mass is 10.1. The molecule has 11 heavy (non-hydrogen) atoms. The molecule has 0 aromatic heterocycles. The van der Waals surface area contributed by atoms with E-state index in [1.807, 2.05) is 6.08 Å². The summed E-state index contributed by atoms with van der Waals surface area (Å²) in [6, 6.07) is 2.13. The number of hydrogen-bond acceptors (Lipinski definition) is 1. The Labute approximate surface area is 73.0 Å². The van der Waals surface area contributed by atoms with Crippen molar-refractivity contribution in [2.24, 2.45) is 0 Å². The summed E-state index contributed by atoms with van der Waals surface area (Å²) in [7, 11) is 0. The summed E-state index contributed by atoms with van der Waals surface area (Å²) in [5.41, 5.74) is 0.811. The lowest BCUT2D eigenvalue weighted by molar-refractivity contribution is 0.931. The maximum atomic E-state index is 8.58. The molecule has 0 amide bonds. The predicted molar refractivity (Wildman–Crippen MR) is 48.5 cm³/mol. The van der Waals surface area contributed by atoms with Crippen LogP contribution in [-0.4, -0.2) is 5.88 Å². The summed E-state index contributed by atoms with van der Waals surface area (Å²) in [6.07, 6.45) is 6.09. The highest BCUT2D eigenvalue weighted by Crippen LogP contribution is 2.05. The van der Waals surface area contributed by atoms with E-state index in [4.69, 9.17) is 16.9 Å². The molecule has 0 saturated carbocycles. The Morgan fingerprint density at radius 1 is 1.64 bits per heavy atom. The first-order valence-corrected chi connectivity index (χ1v) is 4.14. The molecule has 0 aromatic carbocycles. The van der Waals surface area contributed by atoms with Gasteiger partial charge < -0.3 is 0 Å². The number of rotatable bonds is 5. The second kappa shape index (κ2) is 7.37. The summed E-state index contributed by atoms with van der Waals surface area (Å²) in [4.78, 5) is 0. The van der Waals surface area contributed by atoms with Crippen molar-refractivity contribution in [2.45, 2.75) is 19.3 Å². The number of hydrogen-bond donors (Lipinski definition) is 0. The van der Waals surface area contributed by atoms with E-state index < -0.39 is 0 Å². The van der Waals surface area contributed by atoms with Crippen LogP contribution in [0.25, 0.3) is 0 Å². The third kappa shape index (κ3) is 5.69. The highest BCUT2D eigenvalue weighted by Gasteiger charge is 1.92. The zero-order valence-corrected chi connectivity index (χ0v) is 7.27. The Morgan fingerprint density at radius 3 is 2.82 bits per heavy atom. The molecule has 0 unspecified atom stereocenters. The van der Waals surface area contributed by atoms with Gasteiger partial charge in [0.15, 0.2) is 0 Å². The highest BCUT2D eigenvalue weighted by molar-refractivity contribution is 6.17. The Morgan fingerprint density at radius 2 is 2.36 bits per heavy atom. The molecule has 0 spiro atoms. The number of halogens is 1. The SMILES string of the molecule is C=CC/C=C(\C#N)CCCCl.